The van der Waals surface area contributed by atoms with Crippen LogP contribution < -0.4 is 10.2 Å². The lowest BCUT2D eigenvalue weighted by Gasteiger charge is -2.41. The normalized spacial score (nSPS) is 26.4. The number of likely N-dealkylation sites (tertiary alicyclic amines) is 1. The summed E-state index contributed by atoms with van der Waals surface area (Å²) in [6, 6.07) is 19.4. The monoisotopic (exact) mass is 471 g/mol. The van der Waals surface area contributed by atoms with Crippen LogP contribution in [0.4, 0.5) is 5.69 Å². The van der Waals surface area contributed by atoms with Crippen molar-refractivity contribution in [1.29, 1.82) is 0 Å². The minimum Gasteiger partial charge on any atom is -0.386 e. The van der Waals surface area contributed by atoms with Gasteiger partial charge in [-0.1, -0.05) is 54.6 Å². The molecular weight excluding hydrogens is 442 g/mol. The van der Waals surface area contributed by atoms with Gasteiger partial charge >= 0.3 is 0 Å². The SMILES string of the molecule is CNC(=O)CC1(O)C(=O)N(C2CCN(C3c4cccc5cccc(c45)C3O)CC2)c2ccccc21. The summed E-state index contributed by atoms with van der Waals surface area (Å²) in [7, 11) is 1.50. The number of hydrogen-bond acceptors (Lipinski definition) is 5. The summed E-state index contributed by atoms with van der Waals surface area (Å²) in [4.78, 5) is 29.7. The first kappa shape index (κ1) is 22.2. The Morgan fingerprint density at radius 2 is 1.71 bits per heavy atom. The van der Waals surface area contributed by atoms with E-state index in [0.717, 1.165) is 35.0 Å². The second-order valence-electron chi connectivity index (χ2n) is 9.85. The second-order valence-corrected chi connectivity index (χ2v) is 9.85. The number of anilines is 1. The molecule has 1 saturated heterocycles. The molecule has 2 aliphatic heterocycles. The van der Waals surface area contributed by atoms with Crippen molar-refractivity contribution in [2.45, 2.75) is 43.1 Å². The van der Waals surface area contributed by atoms with Crippen LogP contribution in [0.2, 0.25) is 0 Å². The van der Waals surface area contributed by atoms with Crippen LogP contribution in [-0.2, 0) is 15.2 Å². The fourth-order valence-electron chi connectivity index (χ4n) is 6.36. The van der Waals surface area contributed by atoms with Gasteiger partial charge < -0.3 is 20.4 Å². The Hall–Kier alpha value is -3.26. The number of nitrogens with zero attached hydrogens (tertiary/aromatic N) is 2. The van der Waals surface area contributed by atoms with E-state index in [1.165, 1.54) is 7.05 Å². The Balaban J connectivity index is 1.25. The molecule has 7 nitrogen and oxygen atoms in total. The molecule has 0 radical (unpaired) electrons. The van der Waals surface area contributed by atoms with E-state index >= 15 is 0 Å². The molecule has 35 heavy (non-hydrogen) atoms. The lowest BCUT2D eigenvalue weighted by Crippen LogP contribution is -2.51. The standard InChI is InChI=1S/C28H29N3O4/c1-29-23(32)16-28(35)21-10-2-3-11-22(21)31(27(28)34)18-12-14-30(15-13-18)25-19-8-4-6-17-7-5-9-20(24(17)19)26(25)33/h2-11,18,25-26,33,35H,12-16H2,1H3,(H,29,32). The maximum absolute atomic E-state index is 13.5. The van der Waals surface area contributed by atoms with Crippen LogP contribution in [0, 0.1) is 0 Å². The van der Waals surface area contributed by atoms with Crippen molar-refractivity contribution in [3.8, 4) is 0 Å². The van der Waals surface area contributed by atoms with Crippen LogP contribution in [0.1, 0.15) is 48.1 Å². The Labute approximate surface area is 204 Å². The van der Waals surface area contributed by atoms with Crippen molar-refractivity contribution in [3.05, 3.63) is 77.4 Å². The highest BCUT2D eigenvalue weighted by Crippen LogP contribution is 2.49. The van der Waals surface area contributed by atoms with Gasteiger partial charge in [0.15, 0.2) is 5.60 Å². The minimum atomic E-state index is -1.85. The van der Waals surface area contributed by atoms with E-state index in [9.17, 15) is 19.8 Å². The third-order valence-corrected chi connectivity index (χ3v) is 8.04. The van der Waals surface area contributed by atoms with Crippen molar-refractivity contribution in [2.24, 2.45) is 0 Å². The Kier molecular flexibility index (Phi) is 5.18. The zero-order chi connectivity index (χ0) is 24.3. The molecule has 3 aromatic rings. The molecule has 0 aromatic heterocycles. The molecule has 0 saturated carbocycles. The Morgan fingerprint density at radius 3 is 2.43 bits per heavy atom. The number of aliphatic hydroxyl groups is 2. The molecule has 2 amide bonds. The molecule has 3 atom stereocenters. The minimum absolute atomic E-state index is 0.0877. The fraction of sp³-hybridized carbons (Fsp3) is 0.357. The highest BCUT2D eigenvalue weighted by atomic mass is 16.3. The van der Waals surface area contributed by atoms with Crippen molar-refractivity contribution < 1.29 is 19.8 Å². The van der Waals surface area contributed by atoms with Crippen LogP contribution in [0.15, 0.2) is 60.7 Å². The molecule has 7 heteroatoms. The van der Waals surface area contributed by atoms with E-state index < -0.39 is 17.6 Å². The van der Waals surface area contributed by atoms with Gasteiger partial charge in [0.05, 0.1) is 24.3 Å². The van der Waals surface area contributed by atoms with Crippen LogP contribution in [0.3, 0.4) is 0 Å². The van der Waals surface area contributed by atoms with Gasteiger partial charge in [0.25, 0.3) is 5.91 Å². The number of benzene rings is 3. The summed E-state index contributed by atoms with van der Waals surface area (Å²) in [6.07, 6.45) is 0.544. The molecule has 6 rings (SSSR count). The van der Waals surface area contributed by atoms with Gasteiger partial charge in [-0.05, 0) is 40.8 Å². The number of piperidine rings is 1. The van der Waals surface area contributed by atoms with Crippen molar-refractivity contribution in [1.82, 2.24) is 10.2 Å². The van der Waals surface area contributed by atoms with E-state index in [2.05, 4.69) is 28.4 Å². The molecule has 0 spiro atoms. The smallest absolute Gasteiger partial charge is 0.264 e. The average molecular weight is 472 g/mol. The number of hydrogen-bond donors (Lipinski definition) is 3. The molecule has 180 valence electrons. The number of nitrogens with one attached hydrogen (secondary N) is 1. The van der Waals surface area contributed by atoms with Crippen LogP contribution >= 0.6 is 0 Å². The first-order valence-electron chi connectivity index (χ1n) is 12.2. The summed E-state index contributed by atoms with van der Waals surface area (Å²) >= 11 is 0. The average Bonchev–Trinajstić information content (AvgIpc) is 3.29. The summed E-state index contributed by atoms with van der Waals surface area (Å²) in [5, 5.41) is 27.4. The number of fused-ring (bicyclic) bond motifs is 1. The lowest BCUT2D eigenvalue weighted by molar-refractivity contribution is -0.143. The van der Waals surface area contributed by atoms with Gasteiger partial charge in [-0.25, -0.2) is 0 Å². The molecule has 2 heterocycles. The number of carbonyl (C=O) groups is 2. The van der Waals surface area contributed by atoms with E-state index in [1.807, 2.05) is 30.3 Å². The Bertz CT molecular complexity index is 1330. The molecule has 3 unspecified atom stereocenters. The topological polar surface area (TPSA) is 93.1 Å². The first-order valence-corrected chi connectivity index (χ1v) is 12.2. The zero-order valence-electron chi connectivity index (χ0n) is 19.6. The molecular formula is C28H29N3O4. The van der Waals surface area contributed by atoms with Gasteiger partial charge in [-0.3, -0.25) is 14.5 Å². The van der Waals surface area contributed by atoms with Crippen molar-refractivity contribution in [3.63, 3.8) is 0 Å². The van der Waals surface area contributed by atoms with E-state index in [0.29, 0.717) is 24.1 Å². The number of carbonyl (C=O) groups excluding carboxylic acids is 2. The Morgan fingerprint density at radius 1 is 1.03 bits per heavy atom. The highest BCUT2D eigenvalue weighted by Gasteiger charge is 2.53. The predicted molar refractivity (Wildman–Crippen MR) is 133 cm³/mol. The third kappa shape index (κ3) is 3.22. The second kappa shape index (κ2) is 8.16. The lowest BCUT2D eigenvalue weighted by atomic mass is 9.91. The first-order chi connectivity index (χ1) is 16.9. The fourth-order valence-corrected chi connectivity index (χ4v) is 6.36. The quantitative estimate of drug-likeness (QED) is 0.544. The van der Waals surface area contributed by atoms with Gasteiger partial charge in [-0.15, -0.1) is 0 Å². The van der Waals surface area contributed by atoms with Gasteiger partial charge in [-0.2, -0.15) is 0 Å². The molecule has 0 bridgehead atoms. The summed E-state index contributed by atoms with van der Waals surface area (Å²) in [5.74, 6) is -0.810. The molecule has 1 fully saturated rings. The molecule has 3 N–H and O–H groups in total. The molecule has 3 aromatic carbocycles. The van der Waals surface area contributed by atoms with Crippen molar-refractivity contribution in [2.75, 3.05) is 25.0 Å². The van der Waals surface area contributed by atoms with E-state index in [1.54, 1.807) is 17.0 Å². The largest absolute Gasteiger partial charge is 0.386 e. The third-order valence-electron chi connectivity index (χ3n) is 8.04. The summed E-state index contributed by atoms with van der Waals surface area (Å²) in [5.41, 5.74) is 1.46. The van der Waals surface area contributed by atoms with E-state index in [-0.39, 0.29) is 24.4 Å². The summed E-state index contributed by atoms with van der Waals surface area (Å²) in [6.45, 7) is 1.44. The number of para-hydroxylation sites is 1. The maximum atomic E-state index is 13.5. The van der Waals surface area contributed by atoms with Crippen LogP contribution in [0.25, 0.3) is 10.8 Å². The zero-order valence-corrected chi connectivity index (χ0v) is 19.6. The van der Waals surface area contributed by atoms with Gasteiger partial charge in [0, 0.05) is 31.7 Å². The maximum Gasteiger partial charge on any atom is 0.264 e. The van der Waals surface area contributed by atoms with Gasteiger partial charge in [0.1, 0.15) is 0 Å². The number of amides is 2. The molecule has 3 aliphatic rings. The van der Waals surface area contributed by atoms with Crippen molar-refractivity contribution >= 4 is 28.3 Å². The van der Waals surface area contributed by atoms with E-state index in [4.69, 9.17) is 0 Å². The van der Waals surface area contributed by atoms with Gasteiger partial charge in [0.2, 0.25) is 5.91 Å². The van der Waals surface area contributed by atoms with Crippen LogP contribution in [0.5, 0.6) is 0 Å². The highest BCUT2D eigenvalue weighted by molar-refractivity contribution is 6.09. The summed E-state index contributed by atoms with van der Waals surface area (Å²) < 4.78 is 0. The van der Waals surface area contributed by atoms with Crippen LogP contribution in [-0.4, -0.2) is 53.1 Å². The number of aliphatic hydroxyl groups excluding tert-OH is 1. The molecule has 1 aliphatic carbocycles. The number of rotatable bonds is 4. The predicted octanol–water partition coefficient (Wildman–Crippen LogP) is 2.76.